The minimum absolute atomic E-state index is 0.289. The van der Waals surface area contributed by atoms with Crippen molar-refractivity contribution in [2.75, 3.05) is 6.61 Å². The lowest BCUT2D eigenvalue weighted by atomic mass is 9.86. The van der Waals surface area contributed by atoms with E-state index in [1.807, 2.05) is 12.3 Å². The Hall–Kier alpha value is -2.70. The lowest BCUT2D eigenvalue weighted by Crippen LogP contribution is -2.37. The maximum absolute atomic E-state index is 12.4. The second-order valence-electron chi connectivity index (χ2n) is 7.40. The first-order valence-electron chi connectivity index (χ1n) is 9.68. The molecule has 142 valence electrons. The molecule has 1 aliphatic carbocycles. The Morgan fingerprint density at radius 3 is 2.85 bits per heavy atom. The number of benzene rings is 1. The molecule has 7 nitrogen and oxygen atoms in total. The van der Waals surface area contributed by atoms with Gasteiger partial charge in [-0.1, -0.05) is 43.4 Å². The molecule has 1 saturated heterocycles. The van der Waals surface area contributed by atoms with Crippen molar-refractivity contribution in [2.24, 2.45) is 5.92 Å². The molecule has 27 heavy (non-hydrogen) atoms. The molecular weight excluding hydrogens is 344 g/mol. The minimum atomic E-state index is -0.561. The van der Waals surface area contributed by atoms with Gasteiger partial charge >= 0.3 is 5.97 Å². The van der Waals surface area contributed by atoms with E-state index in [1.165, 1.54) is 32.1 Å². The molecule has 2 aromatic rings. The van der Waals surface area contributed by atoms with Gasteiger partial charge in [0, 0.05) is 12.0 Å². The van der Waals surface area contributed by atoms with E-state index in [9.17, 15) is 9.59 Å². The number of nitrogens with zero attached hydrogens (tertiary/aromatic N) is 3. The van der Waals surface area contributed by atoms with Gasteiger partial charge in [-0.05, 0) is 30.5 Å². The van der Waals surface area contributed by atoms with E-state index in [4.69, 9.17) is 4.74 Å². The summed E-state index contributed by atoms with van der Waals surface area (Å²) in [7, 11) is 0. The van der Waals surface area contributed by atoms with Crippen molar-refractivity contribution in [3.63, 3.8) is 0 Å². The van der Waals surface area contributed by atoms with Crippen LogP contribution in [0.25, 0.3) is 5.69 Å². The Labute approximate surface area is 158 Å². The van der Waals surface area contributed by atoms with Crippen LogP contribution in [0.3, 0.4) is 0 Å². The highest BCUT2D eigenvalue weighted by Crippen LogP contribution is 2.26. The fraction of sp³-hybridized carbons (Fsp3) is 0.500. The van der Waals surface area contributed by atoms with Gasteiger partial charge in [0.15, 0.2) is 0 Å². The topological polar surface area (TPSA) is 86.1 Å². The van der Waals surface area contributed by atoms with Crippen LogP contribution in [0.15, 0.2) is 30.5 Å². The standard InChI is InChI=1S/C20H24N4O3/c25-19(21-18-9-10-27-20(18)26)15-7-4-8-17(12-15)24-13-16(22-23-24)11-14-5-2-1-3-6-14/h4,7-8,12-14,18H,1-3,5-6,9-11H2,(H,21,25)/t18-/m0/s1. The second-order valence-corrected chi connectivity index (χ2v) is 7.40. The van der Waals surface area contributed by atoms with Crippen LogP contribution in [0.1, 0.15) is 54.6 Å². The van der Waals surface area contributed by atoms with Crippen LogP contribution in [0.5, 0.6) is 0 Å². The van der Waals surface area contributed by atoms with Crippen LogP contribution in [0.4, 0.5) is 0 Å². The van der Waals surface area contributed by atoms with E-state index < -0.39 is 6.04 Å². The second kappa shape index (κ2) is 7.90. The highest BCUT2D eigenvalue weighted by molar-refractivity contribution is 5.97. The average Bonchev–Trinajstić information content (AvgIpc) is 3.32. The third-order valence-electron chi connectivity index (χ3n) is 5.38. The third-order valence-corrected chi connectivity index (χ3v) is 5.38. The van der Waals surface area contributed by atoms with Crippen LogP contribution < -0.4 is 5.32 Å². The summed E-state index contributed by atoms with van der Waals surface area (Å²) < 4.78 is 6.59. The zero-order valence-corrected chi connectivity index (χ0v) is 15.3. The van der Waals surface area contributed by atoms with Crippen LogP contribution in [0.2, 0.25) is 0 Å². The quantitative estimate of drug-likeness (QED) is 0.819. The molecule has 0 bridgehead atoms. The van der Waals surface area contributed by atoms with Gasteiger partial charge in [-0.15, -0.1) is 5.10 Å². The van der Waals surface area contributed by atoms with Gasteiger partial charge in [-0.2, -0.15) is 0 Å². The number of aromatic nitrogens is 3. The Bertz CT molecular complexity index is 826. The first kappa shape index (κ1) is 17.7. The van der Waals surface area contributed by atoms with E-state index in [0.29, 0.717) is 24.5 Å². The molecule has 0 unspecified atom stereocenters. The van der Waals surface area contributed by atoms with Crippen LogP contribution in [-0.2, 0) is 16.0 Å². The monoisotopic (exact) mass is 368 g/mol. The van der Waals surface area contributed by atoms with Crippen molar-refractivity contribution in [2.45, 2.75) is 51.0 Å². The van der Waals surface area contributed by atoms with Gasteiger partial charge < -0.3 is 10.1 Å². The molecule has 4 rings (SSSR count). The van der Waals surface area contributed by atoms with E-state index >= 15 is 0 Å². The number of hydrogen-bond donors (Lipinski definition) is 1. The largest absolute Gasteiger partial charge is 0.464 e. The zero-order valence-electron chi connectivity index (χ0n) is 15.3. The first-order valence-corrected chi connectivity index (χ1v) is 9.68. The summed E-state index contributed by atoms with van der Waals surface area (Å²) in [6.07, 6.45) is 9.92. The predicted molar refractivity (Wildman–Crippen MR) is 98.5 cm³/mol. The van der Waals surface area contributed by atoms with Crippen LogP contribution >= 0.6 is 0 Å². The number of esters is 1. The van der Waals surface area contributed by atoms with Gasteiger partial charge in [0.2, 0.25) is 0 Å². The summed E-state index contributed by atoms with van der Waals surface area (Å²) in [5.74, 6) is 0.0403. The first-order chi connectivity index (χ1) is 13.2. The van der Waals surface area contributed by atoms with Gasteiger partial charge in [0.05, 0.1) is 24.2 Å². The Morgan fingerprint density at radius 1 is 1.22 bits per heavy atom. The number of ether oxygens (including phenoxy) is 1. The molecule has 1 aromatic heterocycles. The lowest BCUT2D eigenvalue weighted by molar-refractivity contribution is -0.139. The number of nitrogens with one attached hydrogen (secondary N) is 1. The summed E-state index contributed by atoms with van der Waals surface area (Å²) in [6.45, 7) is 0.354. The average molecular weight is 368 g/mol. The highest BCUT2D eigenvalue weighted by Gasteiger charge is 2.28. The predicted octanol–water partition coefficient (Wildman–Crippen LogP) is 2.44. The third kappa shape index (κ3) is 4.18. The number of cyclic esters (lactones) is 1. The van der Waals surface area contributed by atoms with Crippen molar-refractivity contribution in [1.82, 2.24) is 20.3 Å². The summed E-state index contributed by atoms with van der Waals surface area (Å²) in [4.78, 5) is 24.0. The fourth-order valence-electron chi connectivity index (χ4n) is 3.86. The highest BCUT2D eigenvalue weighted by atomic mass is 16.5. The molecule has 0 spiro atoms. The molecule has 2 fully saturated rings. The maximum Gasteiger partial charge on any atom is 0.328 e. The van der Waals surface area contributed by atoms with Crippen molar-refractivity contribution in [3.05, 3.63) is 41.7 Å². The molecule has 2 aliphatic rings. The number of rotatable bonds is 5. The SMILES string of the molecule is O=C(N[C@H]1CCOC1=O)c1cccc(-n2cc(CC3CCCCC3)nn2)c1. The van der Waals surface area contributed by atoms with E-state index in [-0.39, 0.29) is 11.9 Å². The Morgan fingerprint density at radius 2 is 2.07 bits per heavy atom. The van der Waals surface area contributed by atoms with Gasteiger partial charge in [-0.25, -0.2) is 9.48 Å². The van der Waals surface area contributed by atoms with E-state index in [1.54, 1.807) is 22.9 Å². The molecule has 1 saturated carbocycles. The van der Waals surface area contributed by atoms with Gasteiger partial charge in [0.25, 0.3) is 5.91 Å². The molecule has 1 aliphatic heterocycles. The molecular formula is C20H24N4O3. The number of carbonyl (C=O) groups excluding carboxylic acids is 2. The Balaban J connectivity index is 1.44. The molecule has 2 heterocycles. The Kier molecular flexibility index (Phi) is 5.18. The summed E-state index contributed by atoms with van der Waals surface area (Å²) >= 11 is 0. The lowest BCUT2D eigenvalue weighted by Gasteiger charge is -2.19. The van der Waals surface area contributed by atoms with Crippen molar-refractivity contribution >= 4 is 11.9 Å². The van der Waals surface area contributed by atoms with Gasteiger partial charge in [0.1, 0.15) is 6.04 Å². The van der Waals surface area contributed by atoms with Crippen LogP contribution in [0, 0.1) is 5.92 Å². The molecule has 0 radical (unpaired) electrons. The fourth-order valence-corrected chi connectivity index (χ4v) is 3.86. The van der Waals surface area contributed by atoms with Crippen molar-refractivity contribution < 1.29 is 14.3 Å². The minimum Gasteiger partial charge on any atom is -0.464 e. The molecule has 7 heteroatoms. The van der Waals surface area contributed by atoms with Crippen LogP contribution in [-0.4, -0.2) is 39.5 Å². The molecule has 1 atom stereocenters. The summed E-state index contributed by atoms with van der Waals surface area (Å²) in [5, 5.41) is 11.3. The molecule has 1 aromatic carbocycles. The number of amides is 1. The molecule has 1 N–H and O–H groups in total. The smallest absolute Gasteiger partial charge is 0.328 e. The van der Waals surface area contributed by atoms with Crippen molar-refractivity contribution in [1.29, 1.82) is 0 Å². The van der Waals surface area contributed by atoms with Gasteiger partial charge in [-0.3, -0.25) is 4.79 Å². The van der Waals surface area contributed by atoms with Crippen molar-refractivity contribution in [3.8, 4) is 5.69 Å². The van der Waals surface area contributed by atoms with E-state index in [2.05, 4.69) is 15.6 Å². The summed E-state index contributed by atoms with van der Waals surface area (Å²) in [5.41, 5.74) is 2.25. The molecule has 1 amide bonds. The zero-order chi connectivity index (χ0) is 18.6. The number of hydrogen-bond acceptors (Lipinski definition) is 5. The van der Waals surface area contributed by atoms with E-state index in [0.717, 1.165) is 17.8 Å². The summed E-state index contributed by atoms with van der Waals surface area (Å²) in [6, 6.07) is 6.61. The normalized spacial score (nSPS) is 20.4. The maximum atomic E-state index is 12.4. The number of carbonyl (C=O) groups is 2.